The summed E-state index contributed by atoms with van der Waals surface area (Å²) in [6.07, 6.45) is 0.622. The highest BCUT2D eigenvalue weighted by Crippen LogP contribution is 2.21. The van der Waals surface area contributed by atoms with E-state index in [0.29, 0.717) is 12.3 Å². The van der Waals surface area contributed by atoms with Crippen LogP contribution in [0.25, 0.3) is 0 Å². The third-order valence-corrected chi connectivity index (χ3v) is 4.50. The standard InChI is InChI=1S/C11H25NO3S/c1-9(2)7-8-16(14,15)12-10(3,4)11(5,6)13/h9,12-13H,7-8H2,1-6H3. The van der Waals surface area contributed by atoms with Crippen LogP contribution in [0.4, 0.5) is 0 Å². The van der Waals surface area contributed by atoms with E-state index in [-0.39, 0.29) is 5.75 Å². The first-order chi connectivity index (χ1) is 6.87. The van der Waals surface area contributed by atoms with E-state index < -0.39 is 21.2 Å². The lowest BCUT2D eigenvalue weighted by Gasteiger charge is -2.37. The molecule has 0 aromatic carbocycles. The minimum absolute atomic E-state index is 0.101. The second kappa shape index (κ2) is 5.02. The molecule has 0 radical (unpaired) electrons. The Balaban J connectivity index is 4.60. The number of nitrogens with one attached hydrogen (secondary N) is 1. The molecule has 2 N–H and O–H groups in total. The Morgan fingerprint density at radius 1 is 1.19 bits per heavy atom. The zero-order valence-electron chi connectivity index (χ0n) is 11.2. The Kier molecular flexibility index (Phi) is 4.98. The molecule has 0 aliphatic heterocycles. The largest absolute Gasteiger partial charge is 0.389 e. The van der Waals surface area contributed by atoms with Crippen molar-refractivity contribution in [1.82, 2.24) is 4.72 Å². The first-order valence-corrected chi connectivity index (χ1v) is 7.26. The fraction of sp³-hybridized carbons (Fsp3) is 1.00. The predicted octanol–water partition coefficient (Wildman–Crippen LogP) is 1.50. The van der Waals surface area contributed by atoms with Gasteiger partial charge < -0.3 is 5.11 Å². The van der Waals surface area contributed by atoms with Crippen molar-refractivity contribution in [3.8, 4) is 0 Å². The zero-order chi connectivity index (χ0) is 13.2. The molecule has 0 saturated heterocycles. The topological polar surface area (TPSA) is 66.4 Å². The lowest BCUT2D eigenvalue weighted by atomic mass is 9.87. The molecular weight excluding hydrogens is 226 g/mol. The van der Waals surface area contributed by atoms with E-state index in [2.05, 4.69) is 4.72 Å². The van der Waals surface area contributed by atoms with Crippen molar-refractivity contribution >= 4 is 10.0 Å². The molecule has 0 rings (SSSR count). The van der Waals surface area contributed by atoms with Gasteiger partial charge in [-0.1, -0.05) is 13.8 Å². The van der Waals surface area contributed by atoms with Crippen molar-refractivity contribution < 1.29 is 13.5 Å². The Hall–Kier alpha value is -0.130. The zero-order valence-corrected chi connectivity index (χ0v) is 12.0. The van der Waals surface area contributed by atoms with Gasteiger partial charge in [0.25, 0.3) is 0 Å². The van der Waals surface area contributed by atoms with Crippen molar-refractivity contribution in [1.29, 1.82) is 0 Å². The average Bonchev–Trinajstić information content (AvgIpc) is 1.96. The summed E-state index contributed by atoms with van der Waals surface area (Å²) in [5.74, 6) is 0.450. The summed E-state index contributed by atoms with van der Waals surface area (Å²) in [7, 11) is -3.33. The molecule has 0 amide bonds. The first kappa shape index (κ1) is 15.9. The minimum Gasteiger partial charge on any atom is -0.389 e. The summed E-state index contributed by atoms with van der Waals surface area (Å²) in [6.45, 7) is 10.5. The monoisotopic (exact) mass is 251 g/mol. The van der Waals surface area contributed by atoms with Crippen LogP contribution >= 0.6 is 0 Å². The van der Waals surface area contributed by atoms with Crippen LogP contribution in [0, 0.1) is 5.92 Å². The summed E-state index contributed by atoms with van der Waals surface area (Å²) in [5.41, 5.74) is -1.97. The van der Waals surface area contributed by atoms with Gasteiger partial charge in [-0.2, -0.15) is 0 Å². The molecule has 0 atom stereocenters. The summed E-state index contributed by atoms with van der Waals surface area (Å²) in [5, 5.41) is 9.86. The van der Waals surface area contributed by atoms with Crippen LogP contribution in [0.2, 0.25) is 0 Å². The lowest BCUT2D eigenvalue weighted by molar-refractivity contribution is 0.00638. The molecule has 0 aliphatic rings. The van der Waals surface area contributed by atoms with Gasteiger partial charge in [-0.25, -0.2) is 13.1 Å². The quantitative estimate of drug-likeness (QED) is 0.752. The van der Waals surface area contributed by atoms with Crippen LogP contribution < -0.4 is 4.72 Å². The van der Waals surface area contributed by atoms with E-state index >= 15 is 0 Å². The van der Waals surface area contributed by atoms with Crippen LogP contribution in [-0.2, 0) is 10.0 Å². The van der Waals surface area contributed by atoms with Crippen molar-refractivity contribution in [2.24, 2.45) is 5.92 Å². The van der Waals surface area contributed by atoms with Crippen LogP contribution in [0.5, 0.6) is 0 Å². The Bertz CT molecular complexity index is 313. The molecule has 0 unspecified atom stereocenters. The van der Waals surface area contributed by atoms with Crippen molar-refractivity contribution in [2.75, 3.05) is 5.75 Å². The molecule has 0 saturated carbocycles. The van der Waals surface area contributed by atoms with E-state index in [9.17, 15) is 13.5 Å². The molecule has 0 aliphatic carbocycles. The number of hydrogen-bond acceptors (Lipinski definition) is 3. The molecule has 98 valence electrons. The van der Waals surface area contributed by atoms with Crippen LogP contribution in [0.3, 0.4) is 0 Å². The van der Waals surface area contributed by atoms with E-state index in [0.717, 1.165) is 0 Å². The third kappa shape index (κ3) is 5.27. The number of aliphatic hydroxyl groups is 1. The Morgan fingerprint density at radius 2 is 1.62 bits per heavy atom. The van der Waals surface area contributed by atoms with Crippen LogP contribution in [-0.4, -0.2) is 30.4 Å². The molecule has 0 aromatic rings. The van der Waals surface area contributed by atoms with E-state index in [4.69, 9.17) is 0 Å². The van der Waals surface area contributed by atoms with Gasteiger partial charge in [0.15, 0.2) is 0 Å². The maximum absolute atomic E-state index is 11.8. The van der Waals surface area contributed by atoms with Gasteiger partial charge in [0.05, 0.1) is 16.9 Å². The van der Waals surface area contributed by atoms with Gasteiger partial charge in [0.2, 0.25) is 10.0 Å². The normalized spacial score (nSPS) is 14.5. The molecule has 0 fully saturated rings. The molecule has 16 heavy (non-hydrogen) atoms. The van der Waals surface area contributed by atoms with Crippen LogP contribution in [0.15, 0.2) is 0 Å². The summed E-state index contributed by atoms with van der Waals surface area (Å²) >= 11 is 0. The molecule has 0 aromatic heterocycles. The molecule has 0 bridgehead atoms. The predicted molar refractivity (Wildman–Crippen MR) is 66.8 cm³/mol. The fourth-order valence-electron chi connectivity index (χ4n) is 0.956. The molecular formula is C11H25NO3S. The highest BCUT2D eigenvalue weighted by Gasteiger charge is 2.38. The molecule has 4 nitrogen and oxygen atoms in total. The van der Waals surface area contributed by atoms with Crippen molar-refractivity contribution in [3.63, 3.8) is 0 Å². The number of hydrogen-bond donors (Lipinski definition) is 2. The van der Waals surface area contributed by atoms with Gasteiger partial charge >= 0.3 is 0 Å². The van der Waals surface area contributed by atoms with Gasteiger partial charge in [0, 0.05) is 0 Å². The van der Waals surface area contributed by atoms with E-state index in [1.54, 1.807) is 27.7 Å². The molecule has 0 spiro atoms. The summed E-state index contributed by atoms with van der Waals surface area (Å²) < 4.78 is 26.1. The second-order valence-electron chi connectivity index (χ2n) is 5.79. The lowest BCUT2D eigenvalue weighted by Crippen LogP contribution is -2.58. The van der Waals surface area contributed by atoms with Gasteiger partial charge in [-0.15, -0.1) is 0 Å². The Labute approximate surface area is 99.5 Å². The molecule has 5 heteroatoms. The first-order valence-electron chi connectivity index (χ1n) is 5.61. The van der Waals surface area contributed by atoms with Gasteiger partial charge in [-0.3, -0.25) is 0 Å². The van der Waals surface area contributed by atoms with Crippen molar-refractivity contribution in [2.45, 2.75) is 59.1 Å². The highest BCUT2D eigenvalue weighted by atomic mass is 32.2. The third-order valence-electron chi connectivity index (χ3n) is 2.90. The number of sulfonamides is 1. The van der Waals surface area contributed by atoms with E-state index in [1.165, 1.54) is 0 Å². The second-order valence-corrected chi connectivity index (χ2v) is 7.63. The SMILES string of the molecule is CC(C)CCS(=O)(=O)NC(C)(C)C(C)(C)O. The van der Waals surface area contributed by atoms with Crippen LogP contribution in [0.1, 0.15) is 48.0 Å². The minimum atomic E-state index is -3.33. The Morgan fingerprint density at radius 3 is 1.94 bits per heavy atom. The smallest absolute Gasteiger partial charge is 0.212 e. The fourth-order valence-corrected chi connectivity index (χ4v) is 2.87. The van der Waals surface area contributed by atoms with Crippen molar-refractivity contribution in [3.05, 3.63) is 0 Å². The summed E-state index contributed by atoms with van der Waals surface area (Å²) in [6, 6.07) is 0. The summed E-state index contributed by atoms with van der Waals surface area (Å²) in [4.78, 5) is 0. The number of rotatable bonds is 6. The average molecular weight is 251 g/mol. The van der Waals surface area contributed by atoms with Gasteiger partial charge in [-0.05, 0) is 40.0 Å². The van der Waals surface area contributed by atoms with E-state index in [1.807, 2.05) is 13.8 Å². The highest BCUT2D eigenvalue weighted by molar-refractivity contribution is 7.89. The van der Waals surface area contributed by atoms with Gasteiger partial charge in [0.1, 0.15) is 0 Å². The maximum Gasteiger partial charge on any atom is 0.212 e. The molecule has 0 heterocycles. The maximum atomic E-state index is 11.8.